The number of aliphatic hydroxyl groups is 1. The molecule has 1 aromatic rings. The molecule has 1 fully saturated rings. The van der Waals surface area contributed by atoms with E-state index in [0.29, 0.717) is 18.4 Å². The fourth-order valence-corrected chi connectivity index (χ4v) is 2.91. The highest BCUT2D eigenvalue weighted by Crippen LogP contribution is 2.49. The Morgan fingerprint density at radius 2 is 1.78 bits per heavy atom. The molecule has 0 amide bonds. The van der Waals surface area contributed by atoms with Gasteiger partial charge in [0.2, 0.25) is 0 Å². The highest BCUT2D eigenvalue weighted by Gasteiger charge is 2.49. The van der Waals surface area contributed by atoms with Gasteiger partial charge in [-0.25, -0.2) is 4.39 Å². The molecule has 0 aliphatic heterocycles. The van der Waals surface area contributed by atoms with Gasteiger partial charge in [0.05, 0.1) is 11.5 Å². The predicted molar refractivity (Wildman–Crippen MR) is 67.1 cm³/mol. The van der Waals surface area contributed by atoms with Gasteiger partial charge in [-0.3, -0.25) is 0 Å². The van der Waals surface area contributed by atoms with Crippen molar-refractivity contribution in [1.29, 1.82) is 5.26 Å². The zero-order valence-electron chi connectivity index (χ0n) is 10.6. The fraction of sp³-hybridized carbons (Fsp3) is 0.533. The number of benzene rings is 1. The number of halogens is 1. The van der Waals surface area contributed by atoms with Crippen LogP contribution >= 0.6 is 0 Å². The Labute approximate surface area is 107 Å². The van der Waals surface area contributed by atoms with Gasteiger partial charge in [-0.05, 0) is 37.5 Å². The van der Waals surface area contributed by atoms with Crippen molar-refractivity contribution in [3.63, 3.8) is 0 Å². The Kier molecular flexibility index (Phi) is 3.41. The summed E-state index contributed by atoms with van der Waals surface area (Å²) in [5, 5.41) is 20.3. The summed E-state index contributed by atoms with van der Waals surface area (Å²) in [6.07, 6.45) is 4.44. The first-order valence-electron chi connectivity index (χ1n) is 6.41. The van der Waals surface area contributed by atoms with E-state index in [1.807, 2.05) is 0 Å². The Hall–Kier alpha value is -1.40. The average molecular weight is 247 g/mol. The van der Waals surface area contributed by atoms with E-state index in [1.54, 1.807) is 19.1 Å². The zero-order valence-corrected chi connectivity index (χ0v) is 10.6. The van der Waals surface area contributed by atoms with Gasteiger partial charge in [-0.2, -0.15) is 5.26 Å². The molecule has 0 aromatic heterocycles. The standard InChI is InChI=1S/C15H18FNO/c1-14(18,12-5-7-13(16)8-6-12)15(11-17)9-3-2-4-10-15/h5-8,18H,2-4,9-10H2,1H3. The first kappa shape index (κ1) is 13.0. The van der Waals surface area contributed by atoms with Crippen LogP contribution in [0.15, 0.2) is 24.3 Å². The largest absolute Gasteiger partial charge is 0.384 e. The normalized spacial score (nSPS) is 21.9. The number of hydrogen-bond donors (Lipinski definition) is 1. The molecule has 0 spiro atoms. The van der Waals surface area contributed by atoms with Crippen LogP contribution in [-0.2, 0) is 5.60 Å². The molecular weight excluding hydrogens is 229 g/mol. The van der Waals surface area contributed by atoms with Crippen molar-refractivity contribution < 1.29 is 9.50 Å². The Bertz CT molecular complexity index is 452. The van der Waals surface area contributed by atoms with Crippen LogP contribution in [0.3, 0.4) is 0 Å². The smallest absolute Gasteiger partial charge is 0.123 e. The van der Waals surface area contributed by atoms with Crippen molar-refractivity contribution in [1.82, 2.24) is 0 Å². The monoisotopic (exact) mass is 247 g/mol. The van der Waals surface area contributed by atoms with Crippen LogP contribution in [0, 0.1) is 22.6 Å². The summed E-state index contributed by atoms with van der Waals surface area (Å²) in [5.74, 6) is -0.329. The number of nitrogens with zero attached hydrogens (tertiary/aromatic N) is 1. The summed E-state index contributed by atoms with van der Waals surface area (Å²) >= 11 is 0. The van der Waals surface area contributed by atoms with Gasteiger partial charge in [-0.1, -0.05) is 31.4 Å². The average Bonchev–Trinajstić information content (AvgIpc) is 2.40. The summed E-state index contributed by atoms with van der Waals surface area (Å²) in [5.41, 5.74) is -1.36. The van der Waals surface area contributed by atoms with Gasteiger partial charge in [0, 0.05) is 0 Å². The van der Waals surface area contributed by atoms with Crippen molar-refractivity contribution >= 4 is 0 Å². The van der Waals surface area contributed by atoms with E-state index in [2.05, 4.69) is 6.07 Å². The molecule has 0 saturated heterocycles. The lowest BCUT2D eigenvalue weighted by Crippen LogP contribution is -2.44. The molecule has 1 aliphatic rings. The van der Waals surface area contributed by atoms with Crippen LogP contribution in [0.2, 0.25) is 0 Å². The molecule has 1 aromatic carbocycles. The minimum atomic E-state index is -1.23. The predicted octanol–water partition coefficient (Wildman–Crippen LogP) is 3.51. The van der Waals surface area contributed by atoms with E-state index >= 15 is 0 Å². The summed E-state index contributed by atoms with van der Waals surface area (Å²) in [6, 6.07) is 8.13. The first-order valence-corrected chi connectivity index (χ1v) is 6.41. The third kappa shape index (κ3) is 2.02. The van der Waals surface area contributed by atoms with Crippen LogP contribution in [0.1, 0.15) is 44.6 Å². The van der Waals surface area contributed by atoms with E-state index in [9.17, 15) is 14.8 Å². The van der Waals surface area contributed by atoms with Crippen molar-refractivity contribution in [2.75, 3.05) is 0 Å². The topological polar surface area (TPSA) is 44.0 Å². The van der Waals surface area contributed by atoms with E-state index < -0.39 is 11.0 Å². The molecule has 1 N–H and O–H groups in total. The maximum Gasteiger partial charge on any atom is 0.123 e. The van der Waals surface area contributed by atoms with Gasteiger partial charge < -0.3 is 5.11 Å². The third-order valence-electron chi connectivity index (χ3n) is 4.26. The fourth-order valence-electron chi connectivity index (χ4n) is 2.91. The SMILES string of the molecule is CC(O)(c1ccc(F)cc1)C1(C#N)CCCCC1. The lowest BCUT2D eigenvalue weighted by atomic mass is 9.62. The molecule has 3 heteroatoms. The highest BCUT2D eigenvalue weighted by molar-refractivity contribution is 5.28. The molecule has 96 valence electrons. The van der Waals surface area contributed by atoms with E-state index in [-0.39, 0.29) is 5.82 Å². The van der Waals surface area contributed by atoms with Crippen molar-refractivity contribution in [2.45, 2.75) is 44.6 Å². The molecule has 0 bridgehead atoms. The Balaban J connectivity index is 2.39. The van der Waals surface area contributed by atoms with Crippen molar-refractivity contribution in [3.05, 3.63) is 35.6 Å². The van der Waals surface area contributed by atoms with Gasteiger partial charge in [0.25, 0.3) is 0 Å². The molecule has 1 atom stereocenters. The molecule has 2 nitrogen and oxygen atoms in total. The second-order valence-corrected chi connectivity index (χ2v) is 5.33. The van der Waals surface area contributed by atoms with Gasteiger partial charge >= 0.3 is 0 Å². The van der Waals surface area contributed by atoms with Crippen LogP contribution in [0.25, 0.3) is 0 Å². The molecule has 0 radical (unpaired) electrons. The van der Waals surface area contributed by atoms with Gasteiger partial charge in [0.15, 0.2) is 0 Å². The van der Waals surface area contributed by atoms with Crippen molar-refractivity contribution in [2.24, 2.45) is 5.41 Å². The minimum absolute atomic E-state index is 0.329. The molecule has 18 heavy (non-hydrogen) atoms. The lowest BCUT2D eigenvalue weighted by Gasteiger charge is -2.43. The maximum atomic E-state index is 12.9. The summed E-state index contributed by atoms with van der Waals surface area (Å²) in [4.78, 5) is 0. The Morgan fingerprint density at radius 1 is 1.22 bits per heavy atom. The zero-order chi connectivity index (χ0) is 13.2. The second-order valence-electron chi connectivity index (χ2n) is 5.33. The molecule has 0 heterocycles. The van der Waals surface area contributed by atoms with Crippen LogP contribution in [0.4, 0.5) is 4.39 Å². The second kappa shape index (κ2) is 4.70. The highest BCUT2D eigenvalue weighted by atomic mass is 19.1. The molecule has 2 rings (SSSR count). The maximum absolute atomic E-state index is 12.9. The minimum Gasteiger partial charge on any atom is -0.384 e. The summed E-state index contributed by atoms with van der Waals surface area (Å²) < 4.78 is 12.9. The molecule has 1 saturated carbocycles. The summed E-state index contributed by atoms with van der Waals surface area (Å²) in [6.45, 7) is 1.68. The molecule has 1 unspecified atom stereocenters. The van der Waals surface area contributed by atoms with Gasteiger partial charge in [0.1, 0.15) is 11.4 Å². The molecular formula is C15H18FNO. The van der Waals surface area contributed by atoms with Crippen LogP contribution in [0.5, 0.6) is 0 Å². The summed E-state index contributed by atoms with van der Waals surface area (Å²) in [7, 11) is 0. The third-order valence-corrected chi connectivity index (χ3v) is 4.26. The van der Waals surface area contributed by atoms with E-state index in [0.717, 1.165) is 19.3 Å². The number of nitriles is 1. The van der Waals surface area contributed by atoms with Gasteiger partial charge in [-0.15, -0.1) is 0 Å². The molecule has 1 aliphatic carbocycles. The van der Waals surface area contributed by atoms with E-state index in [1.165, 1.54) is 12.1 Å². The van der Waals surface area contributed by atoms with Crippen LogP contribution in [-0.4, -0.2) is 5.11 Å². The lowest BCUT2D eigenvalue weighted by molar-refractivity contribution is -0.0634. The first-order chi connectivity index (χ1) is 8.52. The van der Waals surface area contributed by atoms with Crippen molar-refractivity contribution in [3.8, 4) is 6.07 Å². The number of hydrogen-bond acceptors (Lipinski definition) is 2. The van der Waals surface area contributed by atoms with E-state index in [4.69, 9.17) is 0 Å². The van der Waals surface area contributed by atoms with Crippen LogP contribution < -0.4 is 0 Å². The Morgan fingerprint density at radius 3 is 2.28 bits per heavy atom. The quantitative estimate of drug-likeness (QED) is 0.869. The number of rotatable bonds is 2.